The van der Waals surface area contributed by atoms with Gasteiger partial charge in [-0.2, -0.15) is 0 Å². The van der Waals surface area contributed by atoms with Crippen LogP contribution in [0.3, 0.4) is 0 Å². The maximum Gasteiger partial charge on any atom is 0.122 e. The molecule has 0 aliphatic heterocycles. The predicted octanol–water partition coefficient (Wildman–Crippen LogP) is 4.23. The Morgan fingerprint density at radius 1 is 1.32 bits per heavy atom. The number of rotatable bonds is 4. The average molecular weight is 282 g/mol. The van der Waals surface area contributed by atoms with Gasteiger partial charge in [0, 0.05) is 10.6 Å². The van der Waals surface area contributed by atoms with Gasteiger partial charge in [-0.15, -0.1) is 0 Å². The first kappa shape index (κ1) is 14.7. The van der Waals surface area contributed by atoms with E-state index >= 15 is 0 Å². The first-order chi connectivity index (χ1) is 8.90. The van der Waals surface area contributed by atoms with Gasteiger partial charge in [0.2, 0.25) is 0 Å². The van der Waals surface area contributed by atoms with Crippen molar-refractivity contribution in [3.05, 3.63) is 28.8 Å². The minimum atomic E-state index is 0.179. The minimum absolute atomic E-state index is 0.179. The Hall–Kier alpha value is -0.730. The van der Waals surface area contributed by atoms with Crippen LogP contribution in [-0.4, -0.2) is 19.2 Å². The lowest BCUT2D eigenvalue weighted by molar-refractivity contribution is 0.221. The van der Waals surface area contributed by atoms with Crippen LogP contribution in [0.5, 0.6) is 5.75 Å². The highest BCUT2D eigenvalue weighted by atomic mass is 35.5. The SMILES string of the molecule is COc1ccc(Cl)cc1C1CCC1CNC(C)(C)C. The lowest BCUT2D eigenvalue weighted by atomic mass is 9.69. The van der Waals surface area contributed by atoms with Crippen LogP contribution in [0.2, 0.25) is 5.02 Å². The quantitative estimate of drug-likeness (QED) is 0.892. The molecule has 1 fully saturated rings. The molecule has 0 heterocycles. The van der Waals surface area contributed by atoms with E-state index in [0.717, 1.165) is 17.3 Å². The van der Waals surface area contributed by atoms with Crippen LogP contribution in [-0.2, 0) is 0 Å². The number of ether oxygens (including phenoxy) is 1. The van der Waals surface area contributed by atoms with Crippen LogP contribution in [0.15, 0.2) is 18.2 Å². The molecule has 0 amide bonds. The van der Waals surface area contributed by atoms with E-state index in [1.165, 1.54) is 18.4 Å². The number of halogens is 1. The largest absolute Gasteiger partial charge is 0.496 e. The summed E-state index contributed by atoms with van der Waals surface area (Å²) in [6.07, 6.45) is 2.51. The van der Waals surface area contributed by atoms with Gasteiger partial charge in [-0.3, -0.25) is 0 Å². The number of hydrogen-bond acceptors (Lipinski definition) is 2. The van der Waals surface area contributed by atoms with Crippen molar-refractivity contribution in [2.45, 2.75) is 45.1 Å². The van der Waals surface area contributed by atoms with Crippen LogP contribution >= 0.6 is 11.6 Å². The van der Waals surface area contributed by atoms with Crippen molar-refractivity contribution in [2.75, 3.05) is 13.7 Å². The van der Waals surface area contributed by atoms with E-state index in [1.54, 1.807) is 7.11 Å². The van der Waals surface area contributed by atoms with E-state index in [9.17, 15) is 0 Å². The zero-order valence-electron chi connectivity index (χ0n) is 12.3. The monoisotopic (exact) mass is 281 g/mol. The molecule has 2 unspecified atom stereocenters. The molecular formula is C16H24ClNO. The number of benzene rings is 1. The molecule has 3 heteroatoms. The van der Waals surface area contributed by atoms with E-state index in [1.807, 2.05) is 12.1 Å². The van der Waals surface area contributed by atoms with Gasteiger partial charge in [0.1, 0.15) is 5.75 Å². The first-order valence-corrected chi connectivity index (χ1v) is 7.37. The molecule has 19 heavy (non-hydrogen) atoms. The maximum atomic E-state index is 6.13. The molecule has 1 aliphatic carbocycles. The summed E-state index contributed by atoms with van der Waals surface area (Å²) in [5.74, 6) is 2.23. The van der Waals surface area contributed by atoms with Gasteiger partial charge in [0.15, 0.2) is 0 Å². The van der Waals surface area contributed by atoms with Gasteiger partial charge in [0.25, 0.3) is 0 Å². The summed E-state index contributed by atoms with van der Waals surface area (Å²) in [7, 11) is 1.73. The Labute approximate surface area is 121 Å². The summed E-state index contributed by atoms with van der Waals surface area (Å²) in [6, 6.07) is 5.93. The molecular weight excluding hydrogens is 258 g/mol. The number of hydrogen-bond donors (Lipinski definition) is 1. The molecule has 1 aromatic rings. The van der Waals surface area contributed by atoms with Gasteiger partial charge in [-0.25, -0.2) is 0 Å². The molecule has 0 radical (unpaired) electrons. The smallest absolute Gasteiger partial charge is 0.122 e. The van der Waals surface area contributed by atoms with Crippen LogP contribution in [0.1, 0.15) is 45.1 Å². The summed E-state index contributed by atoms with van der Waals surface area (Å²) in [5.41, 5.74) is 1.44. The molecule has 1 N–H and O–H groups in total. The van der Waals surface area contributed by atoms with Crippen LogP contribution in [0.25, 0.3) is 0 Å². The Bertz CT molecular complexity index is 439. The van der Waals surface area contributed by atoms with Gasteiger partial charge in [-0.05, 0) is 75.8 Å². The predicted molar refractivity (Wildman–Crippen MR) is 81.2 cm³/mol. The second kappa shape index (κ2) is 5.72. The third kappa shape index (κ3) is 3.64. The Morgan fingerprint density at radius 3 is 2.58 bits per heavy atom. The van der Waals surface area contributed by atoms with Crippen LogP contribution in [0, 0.1) is 5.92 Å². The van der Waals surface area contributed by atoms with Crippen molar-refractivity contribution < 1.29 is 4.74 Å². The fourth-order valence-corrected chi connectivity index (χ4v) is 2.84. The minimum Gasteiger partial charge on any atom is -0.496 e. The summed E-state index contributed by atoms with van der Waals surface area (Å²) < 4.78 is 5.47. The molecule has 1 aromatic carbocycles. The molecule has 1 aliphatic rings. The molecule has 2 rings (SSSR count). The molecule has 0 aromatic heterocycles. The summed E-state index contributed by atoms with van der Waals surface area (Å²) in [6.45, 7) is 7.69. The number of nitrogens with one attached hydrogen (secondary N) is 1. The summed E-state index contributed by atoms with van der Waals surface area (Å²) >= 11 is 6.13. The topological polar surface area (TPSA) is 21.3 Å². The highest BCUT2D eigenvalue weighted by Gasteiger charge is 2.34. The van der Waals surface area contributed by atoms with Gasteiger partial charge in [-0.1, -0.05) is 11.6 Å². The molecule has 2 atom stereocenters. The molecule has 0 bridgehead atoms. The van der Waals surface area contributed by atoms with Crippen molar-refractivity contribution >= 4 is 11.6 Å². The zero-order chi connectivity index (χ0) is 14.0. The normalized spacial score (nSPS) is 23.0. The summed E-state index contributed by atoms with van der Waals surface area (Å²) in [4.78, 5) is 0. The highest BCUT2D eigenvalue weighted by molar-refractivity contribution is 6.30. The van der Waals surface area contributed by atoms with E-state index in [0.29, 0.717) is 11.8 Å². The van der Waals surface area contributed by atoms with Crippen molar-refractivity contribution in [3.63, 3.8) is 0 Å². The van der Waals surface area contributed by atoms with Gasteiger partial charge < -0.3 is 10.1 Å². The standard InChI is InChI=1S/C16H24ClNO/c1-16(2,3)18-10-11-5-7-13(11)14-9-12(17)6-8-15(14)19-4/h6,8-9,11,13,18H,5,7,10H2,1-4H3. The summed E-state index contributed by atoms with van der Waals surface area (Å²) in [5, 5.41) is 4.40. The lowest BCUT2D eigenvalue weighted by Gasteiger charge is -2.39. The van der Waals surface area contributed by atoms with Crippen LogP contribution in [0.4, 0.5) is 0 Å². The highest BCUT2D eigenvalue weighted by Crippen LogP contribution is 2.46. The first-order valence-electron chi connectivity index (χ1n) is 6.99. The molecule has 0 saturated heterocycles. The van der Waals surface area contributed by atoms with Crippen molar-refractivity contribution in [1.82, 2.24) is 5.32 Å². The second-order valence-corrected chi connectivity index (χ2v) is 6.90. The van der Waals surface area contributed by atoms with E-state index in [2.05, 4.69) is 32.2 Å². The zero-order valence-corrected chi connectivity index (χ0v) is 13.1. The third-order valence-corrected chi connectivity index (χ3v) is 4.14. The Morgan fingerprint density at radius 2 is 2.05 bits per heavy atom. The van der Waals surface area contributed by atoms with Crippen molar-refractivity contribution in [3.8, 4) is 5.75 Å². The Balaban J connectivity index is 2.08. The Kier molecular flexibility index (Phi) is 4.42. The fourth-order valence-electron chi connectivity index (χ4n) is 2.66. The lowest BCUT2D eigenvalue weighted by Crippen LogP contribution is -2.43. The van der Waals surface area contributed by atoms with E-state index in [-0.39, 0.29) is 5.54 Å². The van der Waals surface area contributed by atoms with Crippen LogP contribution < -0.4 is 10.1 Å². The van der Waals surface area contributed by atoms with Gasteiger partial charge in [0.05, 0.1) is 7.11 Å². The fraction of sp³-hybridized carbons (Fsp3) is 0.625. The number of methoxy groups -OCH3 is 1. The average Bonchev–Trinajstić information content (AvgIpc) is 2.26. The molecule has 106 valence electrons. The molecule has 1 saturated carbocycles. The van der Waals surface area contributed by atoms with Gasteiger partial charge >= 0.3 is 0 Å². The molecule has 0 spiro atoms. The van der Waals surface area contributed by atoms with E-state index < -0.39 is 0 Å². The van der Waals surface area contributed by atoms with E-state index in [4.69, 9.17) is 16.3 Å². The van der Waals surface area contributed by atoms with Crippen molar-refractivity contribution in [1.29, 1.82) is 0 Å². The second-order valence-electron chi connectivity index (χ2n) is 6.46. The maximum absolute atomic E-state index is 6.13. The third-order valence-electron chi connectivity index (χ3n) is 3.90. The molecule has 2 nitrogen and oxygen atoms in total. The van der Waals surface area contributed by atoms with Crippen molar-refractivity contribution in [2.24, 2.45) is 5.92 Å².